The van der Waals surface area contributed by atoms with Crippen LogP contribution < -0.4 is 14.8 Å². The maximum Gasteiger partial charge on any atom is 0.127 e. The fraction of sp³-hybridized carbons (Fsp3) is 0.739. The molecule has 1 aromatic rings. The van der Waals surface area contributed by atoms with Crippen molar-refractivity contribution in [3.05, 3.63) is 23.8 Å². The van der Waals surface area contributed by atoms with Gasteiger partial charge in [-0.25, -0.2) is 0 Å². The molecule has 0 aromatic heterocycles. The van der Waals surface area contributed by atoms with Crippen LogP contribution in [-0.2, 0) is 11.3 Å². The average Bonchev–Trinajstić information content (AvgIpc) is 2.66. The van der Waals surface area contributed by atoms with Crippen LogP contribution in [0.5, 0.6) is 11.5 Å². The minimum absolute atomic E-state index is 0.287. The van der Waals surface area contributed by atoms with Crippen molar-refractivity contribution in [2.45, 2.75) is 90.8 Å². The number of nitrogens with zero attached hydrogens (tertiary/aromatic N) is 1. The predicted molar refractivity (Wildman–Crippen MR) is 115 cm³/mol. The third kappa shape index (κ3) is 6.36. The largest absolute Gasteiger partial charge is 0.497 e. The molecule has 0 spiro atoms. The Morgan fingerprint density at radius 2 is 1.93 bits per heavy atom. The summed E-state index contributed by atoms with van der Waals surface area (Å²) < 4.78 is 17.1. The monoisotopic (exact) mass is 392 g/mol. The van der Waals surface area contributed by atoms with Crippen LogP contribution in [0.4, 0.5) is 0 Å². The van der Waals surface area contributed by atoms with E-state index in [1.165, 1.54) is 0 Å². The molecule has 28 heavy (non-hydrogen) atoms. The lowest BCUT2D eigenvalue weighted by Gasteiger charge is -2.39. The van der Waals surface area contributed by atoms with Crippen LogP contribution >= 0.6 is 0 Å². The maximum absolute atomic E-state index is 6.28. The lowest BCUT2D eigenvalue weighted by Crippen LogP contribution is -2.46. The second-order valence-electron chi connectivity index (χ2n) is 8.30. The summed E-state index contributed by atoms with van der Waals surface area (Å²) in [5, 5.41) is 3.74. The summed E-state index contributed by atoms with van der Waals surface area (Å²) >= 11 is 0. The van der Waals surface area contributed by atoms with Crippen LogP contribution in [0.1, 0.15) is 59.4 Å². The molecule has 0 bridgehead atoms. The van der Waals surface area contributed by atoms with Crippen molar-refractivity contribution in [1.29, 1.82) is 0 Å². The van der Waals surface area contributed by atoms with E-state index in [2.05, 4.69) is 50.9 Å². The van der Waals surface area contributed by atoms with E-state index in [1.807, 2.05) is 12.1 Å². The molecule has 1 aromatic carbocycles. The van der Waals surface area contributed by atoms with E-state index in [9.17, 15) is 0 Å². The van der Waals surface area contributed by atoms with Crippen molar-refractivity contribution in [3.63, 3.8) is 0 Å². The van der Waals surface area contributed by atoms with Crippen LogP contribution in [0.2, 0.25) is 0 Å². The zero-order valence-electron chi connectivity index (χ0n) is 18.8. The summed E-state index contributed by atoms with van der Waals surface area (Å²) in [6.45, 7) is 13.2. The van der Waals surface area contributed by atoms with Crippen LogP contribution in [0, 0.1) is 0 Å². The zero-order valence-corrected chi connectivity index (χ0v) is 18.8. The van der Waals surface area contributed by atoms with Gasteiger partial charge >= 0.3 is 0 Å². The SMILES string of the molecule is CCN(C(C)C)C(C)CC1C[C@@H](NCc2ccc(OC)cc2OC)C[C@@H](C)O1. The Kier molecular flexibility index (Phi) is 9.06. The number of benzene rings is 1. The van der Waals surface area contributed by atoms with Gasteiger partial charge in [0.1, 0.15) is 11.5 Å². The summed E-state index contributed by atoms with van der Waals surface area (Å²) in [5.41, 5.74) is 1.16. The summed E-state index contributed by atoms with van der Waals surface area (Å²) in [7, 11) is 3.39. The van der Waals surface area contributed by atoms with E-state index >= 15 is 0 Å². The standard InChI is InChI=1S/C23H40N2O3/c1-8-25(16(2)3)17(4)11-22-13-20(12-18(5)28-22)24-15-19-9-10-21(26-6)14-23(19)27-7/h9-10,14,16-18,20,22,24H,8,11-13,15H2,1-7H3/t17?,18-,20+,22?/m1/s1. The normalized spacial score (nSPS) is 23.8. The van der Waals surface area contributed by atoms with Crippen molar-refractivity contribution in [2.24, 2.45) is 0 Å². The van der Waals surface area contributed by atoms with Crippen molar-refractivity contribution >= 4 is 0 Å². The van der Waals surface area contributed by atoms with E-state index in [0.29, 0.717) is 24.2 Å². The van der Waals surface area contributed by atoms with Gasteiger partial charge in [-0.2, -0.15) is 0 Å². The lowest BCUT2D eigenvalue weighted by atomic mass is 9.94. The fourth-order valence-corrected chi connectivity index (χ4v) is 4.53. The Hall–Kier alpha value is -1.30. The van der Waals surface area contributed by atoms with Gasteiger partial charge in [-0.15, -0.1) is 0 Å². The number of hydrogen-bond donors (Lipinski definition) is 1. The van der Waals surface area contributed by atoms with Crippen molar-refractivity contribution in [2.75, 3.05) is 20.8 Å². The van der Waals surface area contributed by atoms with Crippen molar-refractivity contribution in [3.8, 4) is 11.5 Å². The Labute approximate surface area is 171 Å². The fourth-order valence-electron chi connectivity index (χ4n) is 4.53. The average molecular weight is 393 g/mol. The van der Waals surface area contributed by atoms with E-state index in [1.54, 1.807) is 14.2 Å². The van der Waals surface area contributed by atoms with Gasteiger partial charge in [-0.1, -0.05) is 13.0 Å². The molecule has 1 heterocycles. The summed E-state index contributed by atoms with van der Waals surface area (Å²) in [6.07, 6.45) is 3.78. The van der Waals surface area contributed by atoms with Crippen molar-refractivity contribution in [1.82, 2.24) is 10.2 Å². The first-order valence-electron chi connectivity index (χ1n) is 10.7. The molecular weight excluding hydrogens is 352 g/mol. The molecule has 5 heteroatoms. The number of methoxy groups -OCH3 is 2. The minimum atomic E-state index is 0.287. The van der Waals surface area contributed by atoms with Gasteiger partial charge in [0.2, 0.25) is 0 Å². The summed E-state index contributed by atoms with van der Waals surface area (Å²) in [4.78, 5) is 2.55. The molecule has 1 fully saturated rings. The molecule has 160 valence electrons. The van der Waals surface area contributed by atoms with Gasteiger partial charge in [-0.3, -0.25) is 4.90 Å². The first-order valence-corrected chi connectivity index (χ1v) is 10.7. The van der Waals surface area contributed by atoms with Gasteiger partial charge in [0.15, 0.2) is 0 Å². The molecule has 0 aliphatic carbocycles. The van der Waals surface area contributed by atoms with Crippen LogP contribution in [-0.4, -0.2) is 56.0 Å². The van der Waals surface area contributed by atoms with Gasteiger partial charge in [-0.05, 0) is 59.6 Å². The molecule has 1 saturated heterocycles. The highest BCUT2D eigenvalue weighted by atomic mass is 16.5. The molecule has 2 unspecified atom stereocenters. The zero-order chi connectivity index (χ0) is 20.7. The second-order valence-corrected chi connectivity index (χ2v) is 8.30. The molecule has 1 aliphatic heterocycles. The van der Waals surface area contributed by atoms with Crippen LogP contribution in [0.25, 0.3) is 0 Å². The molecule has 1 aliphatic rings. The Bertz CT molecular complexity index is 593. The summed E-state index contributed by atoms with van der Waals surface area (Å²) in [6, 6.07) is 7.57. The summed E-state index contributed by atoms with van der Waals surface area (Å²) in [5.74, 6) is 1.69. The predicted octanol–water partition coefficient (Wildman–Crippen LogP) is 4.24. The quantitative estimate of drug-likeness (QED) is 0.645. The third-order valence-corrected chi connectivity index (χ3v) is 5.86. The number of ether oxygens (including phenoxy) is 3. The topological polar surface area (TPSA) is 43.0 Å². The van der Waals surface area contributed by atoms with Crippen LogP contribution in [0.15, 0.2) is 18.2 Å². The van der Waals surface area contributed by atoms with Gasteiger partial charge in [0.25, 0.3) is 0 Å². The number of nitrogens with one attached hydrogen (secondary N) is 1. The molecule has 0 amide bonds. The second kappa shape index (κ2) is 11.0. The maximum atomic E-state index is 6.28. The molecule has 5 nitrogen and oxygen atoms in total. The highest BCUT2D eigenvalue weighted by Gasteiger charge is 2.29. The third-order valence-electron chi connectivity index (χ3n) is 5.86. The van der Waals surface area contributed by atoms with Gasteiger partial charge in [0, 0.05) is 36.3 Å². The molecule has 2 rings (SSSR count). The molecular formula is C23H40N2O3. The molecule has 4 atom stereocenters. The first-order chi connectivity index (χ1) is 13.4. The highest BCUT2D eigenvalue weighted by molar-refractivity contribution is 5.40. The highest BCUT2D eigenvalue weighted by Crippen LogP contribution is 2.27. The van der Waals surface area contributed by atoms with Crippen molar-refractivity contribution < 1.29 is 14.2 Å². The molecule has 0 radical (unpaired) electrons. The van der Waals surface area contributed by atoms with E-state index in [-0.39, 0.29) is 6.10 Å². The molecule has 0 saturated carbocycles. The Morgan fingerprint density at radius 1 is 1.18 bits per heavy atom. The van der Waals surface area contributed by atoms with Crippen LogP contribution in [0.3, 0.4) is 0 Å². The lowest BCUT2D eigenvalue weighted by molar-refractivity contribution is -0.0658. The Morgan fingerprint density at radius 3 is 2.54 bits per heavy atom. The number of hydrogen-bond acceptors (Lipinski definition) is 5. The van der Waals surface area contributed by atoms with Gasteiger partial charge in [0.05, 0.1) is 26.4 Å². The minimum Gasteiger partial charge on any atom is -0.497 e. The Balaban J connectivity index is 1.94. The molecule has 1 N–H and O–H groups in total. The first kappa shape index (κ1) is 23.0. The van der Waals surface area contributed by atoms with E-state index in [4.69, 9.17) is 14.2 Å². The number of rotatable bonds is 10. The van der Waals surface area contributed by atoms with E-state index in [0.717, 1.165) is 49.4 Å². The van der Waals surface area contributed by atoms with Gasteiger partial charge < -0.3 is 19.5 Å². The van der Waals surface area contributed by atoms with E-state index < -0.39 is 0 Å². The smallest absolute Gasteiger partial charge is 0.127 e.